The van der Waals surface area contributed by atoms with Crippen LogP contribution in [0.4, 0.5) is 11.5 Å². The number of nitrogens with two attached hydrogens (primary N) is 1. The molecule has 1 unspecified atom stereocenters. The van der Waals surface area contributed by atoms with Gasteiger partial charge in [0, 0.05) is 49.8 Å². The Kier molecular flexibility index (Phi) is 6.50. The number of aryl methyl sites for hydroxylation is 2. The van der Waals surface area contributed by atoms with Crippen molar-refractivity contribution in [2.24, 2.45) is 5.73 Å². The number of nitrogens with zero attached hydrogens (tertiary/aromatic N) is 5. The lowest BCUT2D eigenvalue weighted by Crippen LogP contribution is -2.39. The van der Waals surface area contributed by atoms with Crippen molar-refractivity contribution in [3.05, 3.63) is 52.8 Å². The number of carbonyl (C=O) groups excluding carboxylic acids is 1. The van der Waals surface area contributed by atoms with E-state index in [1.807, 2.05) is 53.7 Å². The highest BCUT2D eigenvalue weighted by molar-refractivity contribution is 7.85. The summed E-state index contributed by atoms with van der Waals surface area (Å²) < 4.78 is 16.6. The molecule has 0 spiro atoms. The van der Waals surface area contributed by atoms with E-state index in [2.05, 4.69) is 9.62 Å². The minimum absolute atomic E-state index is 0.0701. The molecule has 2 aromatic heterocycles. The number of hydrogen-bond donors (Lipinski definition) is 2. The predicted molar refractivity (Wildman–Crippen MR) is 139 cm³/mol. The maximum absolute atomic E-state index is 13.8. The zero-order valence-electron chi connectivity index (χ0n) is 20.5. The molecule has 0 bridgehead atoms. The van der Waals surface area contributed by atoms with E-state index in [1.165, 1.54) is 0 Å². The SMILES string of the molecule is Cc1ccc(NS(C)=O)c(C(=O)N2CCCC[C@H]2c2cc3nc(N4CC[C@H](N)C4)c(C)cn3n2)c1. The van der Waals surface area contributed by atoms with Gasteiger partial charge in [0.1, 0.15) is 16.8 Å². The number of aromatic nitrogens is 3. The third kappa shape index (κ3) is 4.77. The summed E-state index contributed by atoms with van der Waals surface area (Å²) in [6.07, 6.45) is 7.37. The van der Waals surface area contributed by atoms with Crippen LogP contribution in [0.15, 0.2) is 30.5 Å². The van der Waals surface area contributed by atoms with Crippen LogP contribution in [0.3, 0.4) is 0 Å². The average molecular weight is 496 g/mol. The number of rotatable bonds is 5. The largest absolute Gasteiger partial charge is 0.355 e. The number of anilines is 2. The monoisotopic (exact) mass is 495 g/mol. The van der Waals surface area contributed by atoms with Gasteiger partial charge in [-0.3, -0.25) is 4.79 Å². The number of carbonyl (C=O) groups is 1. The van der Waals surface area contributed by atoms with Crippen molar-refractivity contribution in [1.29, 1.82) is 0 Å². The van der Waals surface area contributed by atoms with Gasteiger partial charge in [-0.05, 0) is 51.7 Å². The van der Waals surface area contributed by atoms with Crippen molar-refractivity contribution < 1.29 is 9.00 Å². The summed E-state index contributed by atoms with van der Waals surface area (Å²) in [5, 5.41) is 4.85. The average Bonchev–Trinajstić information content (AvgIpc) is 3.44. The fourth-order valence-electron chi connectivity index (χ4n) is 5.20. The smallest absolute Gasteiger partial charge is 0.256 e. The van der Waals surface area contributed by atoms with E-state index in [0.29, 0.717) is 17.8 Å². The second-order valence-electron chi connectivity index (χ2n) is 9.73. The molecular weight excluding hydrogens is 462 g/mol. The predicted octanol–water partition coefficient (Wildman–Crippen LogP) is 2.96. The Morgan fingerprint density at radius 1 is 1.17 bits per heavy atom. The lowest BCUT2D eigenvalue weighted by molar-refractivity contribution is 0.0606. The second-order valence-corrected chi connectivity index (χ2v) is 10.8. The molecule has 2 saturated heterocycles. The number of piperidine rings is 1. The third-order valence-corrected chi connectivity index (χ3v) is 7.42. The van der Waals surface area contributed by atoms with Gasteiger partial charge in [-0.1, -0.05) is 11.6 Å². The Morgan fingerprint density at radius 3 is 2.74 bits per heavy atom. The van der Waals surface area contributed by atoms with Crippen LogP contribution in [0.2, 0.25) is 0 Å². The maximum Gasteiger partial charge on any atom is 0.256 e. The lowest BCUT2D eigenvalue weighted by Gasteiger charge is -2.35. The molecule has 3 N–H and O–H groups in total. The Labute approximate surface area is 208 Å². The number of amides is 1. The molecule has 1 aromatic carbocycles. The van der Waals surface area contributed by atoms with Gasteiger partial charge in [-0.2, -0.15) is 5.10 Å². The van der Waals surface area contributed by atoms with Crippen LogP contribution in [0, 0.1) is 13.8 Å². The summed E-state index contributed by atoms with van der Waals surface area (Å²) in [4.78, 5) is 22.9. The topological polar surface area (TPSA) is 109 Å². The quantitative estimate of drug-likeness (QED) is 0.563. The van der Waals surface area contributed by atoms with Crippen LogP contribution in [0.5, 0.6) is 0 Å². The molecule has 5 rings (SSSR count). The first-order chi connectivity index (χ1) is 16.8. The first kappa shape index (κ1) is 23.7. The molecule has 0 radical (unpaired) electrons. The van der Waals surface area contributed by atoms with Crippen LogP contribution in [-0.2, 0) is 11.0 Å². The van der Waals surface area contributed by atoms with Crippen LogP contribution in [-0.4, -0.2) is 61.5 Å². The number of nitrogens with one attached hydrogen (secondary N) is 1. The van der Waals surface area contributed by atoms with Gasteiger partial charge >= 0.3 is 0 Å². The van der Waals surface area contributed by atoms with Crippen LogP contribution < -0.4 is 15.4 Å². The Balaban J connectivity index is 1.48. The van der Waals surface area contributed by atoms with Crippen LogP contribution in [0.1, 0.15) is 58.9 Å². The van der Waals surface area contributed by atoms with Crippen molar-refractivity contribution in [3.8, 4) is 0 Å². The van der Waals surface area contributed by atoms with Crippen molar-refractivity contribution >= 4 is 34.0 Å². The van der Waals surface area contributed by atoms with Gasteiger partial charge < -0.3 is 20.3 Å². The molecular formula is C25H33N7O2S. The zero-order valence-corrected chi connectivity index (χ0v) is 21.3. The molecule has 2 aliphatic heterocycles. The molecule has 4 heterocycles. The number of likely N-dealkylation sites (tertiary alicyclic amines) is 1. The van der Waals surface area contributed by atoms with E-state index in [9.17, 15) is 9.00 Å². The Bertz CT molecular complexity index is 1290. The van der Waals surface area contributed by atoms with Crippen molar-refractivity contribution in [1.82, 2.24) is 19.5 Å². The number of benzene rings is 1. The summed E-state index contributed by atoms with van der Waals surface area (Å²) in [5.74, 6) is 0.885. The summed E-state index contributed by atoms with van der Waals surface area (Å²) in [5.41, 5.74) is 10.9. The van der Waals surface area contributed by atoms with Crippen molar-refractivity contribution in [2.75, 3.05) is 35.5 Å². The molecule has 10 heteroatoms. The fourth-order valence-corrected chi connectivity index (χ4v) is 5.69. The normalized spacial score (nSPS) is 21.5. The van der Waals surface area contributed by atoms with Gasteiger partial charge in [0.05, 0.1) is 23.0 Å². The van der Waals surface area contributed by atoms with Gasteiger partial charge in [0.25, 0.3) is 5.91 Å². The highest BCUT2D eigenvalue weighted by Crippen LogP contribution is 2.34. The van der Waals surface area contributed by atoms with E-state index in [-0.39, 0.29) is 18.0 Å². The van der Waals surface area contributed by atoms with Crippen LogP contribution >= 0.6 is 0 Å². The molecule has 9 nitrogen and oxygen atoms in total. The minimum Gasteiger partial charge on any atom is -0.355 e. The summed E-state index contributed by atoms with van der Waals surface area (Å²) >= 11 is 0. The molecule has 35 heavy (non-hydrogen) atoms. The first-order valence-corrected chi connectivity index (χ1v) is 13.7. The standard InChI is InChI=1S/C25H33N7O2S/c1-16-7-8-20(29-35(3)34)19(12-16)25(33)31-10-5-4-6-22(31)21-13-23-27-24(17(2)14-32(23)28-21)30-11-9-18(26)15-30/h7-8,12-14,18,22,29H,4-6,9-11,15,26H2,1-3H3/t18-,22-,35?/m0/s1. The summed E-state index contributed by atoms with van der Waals surface area (Å²) in [6, 6.07) is 7.66. The van der Waals surface area contributed by atoms with E-state index in [0.717, 1.165) is 67.1 Å². The van der Waals surface area contributed by atoms with Crippen LogP contribution in [0.25, 0.3) is 5.65 Å². The molecule has 0 saturated carbocycles. The first-order valence-electron chi connectivity index (χ1n) is 12.2. The Morgan fingerprint density at radius 2 is 2.00 bits per heavy atom. The van der Waals surface area contributed by atoms with Gasteiger partial charge in [-0.25, -0.2) is 13.7 Å². The van der Waals surface area contributed by atoms with E-state index in [4.69, 9.17) is 15.8 Å². The number of hydrogen-bond acceptors (Lipinski definition) is 6. The van der Waals surface area contributed by atoms with Gasteiger partial charge in [0.2, 0.25) is 0 Å². The minimum atomic E-state index is -1.27. The Hall–Kier alpha value is -2.98. The fraction of sp³-hybridized carbons (Fsp3) is 0.480. The lowest BCUT2D eigenvalue weighted by atomic mass is 9.97. The molecule has 186 valence electrons. The molecule has 2 aliphatic rings. The number of fused-ring (bicyclic) bond motifs is 1. The summed E-state index contributed by atoms with van der Waals surface area (Å²) in [7, 11) is -1.27. The highest BCUT2D eigenvalue weighted by atomic mass is 32.2. The van der Waals surface area contributed by atoms with E-state index in [1.54, 1.807) is 6.26 Å². The molecule has 3 atom stereocenters. The molecule has 1 amide bonds. The van der Waals surface area contributed by atoms with Gasteiger partial charge in [0.15, 0.2) is 5.65 Å². The summed E-state index contributed by atoms with van der Waals surface area (Å²) in [6.45, 7) is 6.38. The zero-order chi connectivity index (χ0) is 24.7. The van der Waals surface area contributed by atoms with E-state index >= 15 is 0 Å². The second kappa shape index (κ2) is 9.58. The van der Waals surface area contributed by atoms with Gasteiger partial charge in [-0.15, -0.1) is 0 Å². The molecule has 0 aliphatic carbocycles. The molecule has 3 aromatic rings. The van der Waals surface area contributed by atoms with Crippen molar-refractivity contribution in [3.63, 3.8) is 0 Å². The maximum atomic E-state index is 13.8. The molecule has 2 fully saturated rings. The van der Waals surface area contributed by atoms with E-state index < -0.39 is 11.0 Å². The highest BCUT2D eigenvalue weighted by Gasteiger charge is 2.32. The third-order valence-electron chi connectivity index (χ3n) is 6.91. The van der Waals surface area contributed by atoms with Crippen molar-refractivity contribution in [2.45, 2.75) is 51.6 Å².